The fraction of sp³-hybridized carbons (Fsp3) is 0.538. The molecule has 1 aromatic rings. The van der Waals surface area contributed by atoms with Gasteiger partial charge in [-0.15, -0.1) is 11.3 Å². The van der Waals surface area contributed by atoms with Crippen LogP contribution >= 0.6 is 11.3 Å². The first kappa shape index (κ1) is 13.9. The maximum Gasteiger partial charge on any atom is 0.261 e. The molecule has 0 saturated heterocycles. The number of hydrogen-bond donors (Lipinski definition) is 3. The first-order chi connectivity index (χ1) is 9.10. The summed E-state index contributed by atoms with van der Waals surface area (Å²) in [6.45, 7) is 1.84. The van der Waals surface area contributed by atoms with Crippen molar-refractivity contribution in [2.24, 2.45) is 10.9 Å². The van der Waals surface area contributed by atoms with Crippen LogP contribution in [0.25, 0.3) is 0 Å². The monoisotopic (exact) mass is 281 g/mol. The molecule has 1 aromatic heterocycles. The van der Waals surface area contributed by atoms with Gasteiger partial charge in [-0.25, -0.2) is 0 Å². The van der Waals surface area contributed by atoms with E-state index in [9.17, 15) is 4.79 Å². The van der Waals surface area contributed by atoms with Crippen molar-refractivity contribution in [3.05, 3.63) is 21.4 Å². The Morgan fingerprint density at radius 1 is 1.58 bits per heavy atom. The molecule has 1 unspecified atom stereocenters. The topological polar surface area (TPSA) is 87.7 Å². The Morgan fingerprint density at radius 2 is 2.32 bits per heavy atom. The first-order valence-electron chi connectivity index (χ1n) is 6.49. The number of nitrogens with two attached hydrogens (primary N) is 1. The molecule has 5 nitrogen and oxygen atoms in total. The molecule has 0 saturated carbocycles. The Morgan fingerprint density at radius 3 is 3.00 bits per heavy atom. The minimum atomic E-state index is -0.150. The van der Waals surface area contributed by atoms with Crippen LogP contribution < -0.4 is 11.1 Å². The zero-order valence-electron chi connectivity index (χ0n) is 11.0. The van der Waals surface area contributed by atoms with Crippen LogP contribution in [0.5, 0.6) is 0 Å². The van der Waals surface area contributed by atoms with Gasteiger partial charge in [0.25, 0.3) is 5.91 Å². The normalized spacial score (nSPS) is 16.8. The summed E-state index contributed by atoms with van der Waals surface area (Å²) in [6.07, 6.45) is 4.94. The number of aryl methyl sites for hydroxylation is 2. The van der Waals surface area contributed by atoms with E-state index in [0.29, 0.717) is 6.42 Å². The van der Waals surface area contributed by atoms with Gasteiger partial charge in [0.2, 0.25) is 0 Å². The summed E-state index contributed by atoms with van der Waals surface area (Å²) in [6, 6.07) is 1.85. The molecule has 6 heteroatoms. The second-order valence-corrected chi connectivity index (χ2v) is 6.07. The summed E-state index contributed by atoms with van der Waals surface area (Å²) in [5.74, 6) is 0.0518. The Balaban J connectivity index is 1.98. The van der Waals surface area contributed by atoms with Crippen LogP contribution in [0.4, 0.5) is 0 Å². The molecule has 0 aliphatic heterocycles. The second-order valence-electron chi connectivity index (χ2n) is 4.94. The summed E-state index contributed by atoms with van der Waals surface area (Å²) in [7, 11) is 0. The van der Waals surface area contributed by atoms with Gasteiger partial charge in [0.1, 0.15) is 5.84 Å². The first-order valence-corrected chi connectivity index (χ1v) is 7.30. The van der Waals surface area contributed by atoms with Gasteiger partial charge < -0.3 is 16.3 Å². The lowest BCUT2D eigenvalue weighted by atomic mass is 9.99. The van der Waals surface area contributed by atoms with E-state index in [1.54, 1.807) is 11.3 Å². The van der Waals surface area contributed by atoms with E-state index < -0.39 is 0 Å². The van der Waals surface area contributed by atoms with E-state index in [-0.39, 0.29) is 17.8 Å². The van der Waals surface area contributed by atoms with Crippen LogP contribution in [0.3, 0.4) is 0 Å². The van der Waals surface area contributed by atoms with Gasteiger partial charge in [-0.05, 0) is 44.2 Å². The SMILES string of the molecule is CC(CC(N)=NO)NC(=O)c1cc2c(s1)CCCC2. The highest BCUT2D eigenvalue weighted by molar-refractivity contribution is 7.14. The minimum absolute atomic E-state index is 0.0716. The maximum atomic E-state index is 12.1. The number of amidine groups is 1. The lowest BCUT2D eigenvalue weighted by Gasteiger charge is -2.11. The molecule has 104 valence electrons. The lowest BCUT2D eigenvalue weighted by molar-refractivity contribution is 0.0945. The van der Waals surface area contributed by atoms with Gasteiger partial charge in [0, 0.05) is 17.3 Å². The van der Waals surface area contributed by atoms with Crippen LogP contribution in [-0.4, -0.2) is 23.0 Å². The van der Waals surface area contributed by atoms with Crippen LogP contribution in [0.1, 0.15) is 46.3 Å². The quantitative estimate of drug-likeness (QED) is 0.341. The predicted octanol–water partition coefficient (Wildman–Crippen LogP) is 1.88. The fourth-order valence-corrected chi connectivity index (χ4v) is 3.46. The van der Waals surface area contributed by atoms with Gasteiger partial charge in [0.15, 0.2) is 0 Å². The minimum Gasteiger partial charge on any atom is -0.409 e. The molecule has 1 amide bonds. The zero-order chi connectivity index (χ0) is 13.8. The molecule has 0 fully saturated rings. The Bertz CT molecular complexity index is 473. The molecular formula is C13H19N3O2S. The smallest absolute Gasteiger partial charge is 0.261 e. The Kier molecular flexibility index (Phi) is 4.42. The number of nitrogens with zero attached hydrogens (tertiary/aromatic N) is 1. The van der Waals surface area contributed by atoms with Crippen LogP contribution in [0.15, 0.2) is 11.2 Å². The number of nitrogens with one attached hydrogen (secondary N) is 1. The van der Waals surface area contributed by atoms with E-state index in [0.717, 1.165) is 17.7 Å². The highest BCUT2D eigenvalue weighted by atomic mass is 32.1. The van der Waals surface area contributed by atoms with E-state index in [2.05, 4.69) is 10.5 Å². The number of carbonyl (C=O) groups excluding carboxylic acids is 1. The number of carbonyl (C=O) groups is 1. The molecular weight excluding hydrogens is 262 g/mol. The molecule has 0 aromatic carbocycles. The molecule has 4 N–H and O–H groups in total. The predicted molar refractivity (Wildman–Crippen MR) is 75.9 cm³/mol. The summed E-state index contributed by atoms with van der Waals surface area (Å²) in [5, 5.41) is 14.3. The number of fused-ring (bicyclic) bond motifs is 1. The number of hydrogen-bond acceptors (Lipinski definition) is 4. The molecule has 0 spiro atoms. The van der Waals surface area contributed by atoms with E-state index in [1.807, 2.05) is 13.0 Å². The standard InChI is InChI=1S/C13H19N3O2S/c1-8(6-12(14)16-18)15-13(17)11-7-9-4-2-3-5-10(9)19-11/h7-8,18H,2-6H2,1H3,(H2,14,16)(H,15,17). The van der Waals surface area contributed by atoms with Gasteiger partial charge in [-0.3, -0.25) is 4.79 Å². The van der Waals surface area contributed by atoms with Crippen molar-refractivity contribution in [1.82, 2.24) is 5.32 Å². The number of thiophene rings is 1. The van der Waals surface area contributed by atoms with Gasteiger partial charge in [0.05, 0.1) is 4.88 Å². The maximum absolute atomic E-state index is 12.1. The summed E-state index contributed by atoms with van der Waals surface area (Å²) in [5.41, 5.74) is 6.74. The van der Waals surface area contributed by atoms with E-state index >= 15 is 0 Å². The molecule has 19 heavy (non-hydrogen) atoms. The highest BCUT2D eigenvalue weighted by Crippen LogP contribution is 2.29. The van der Waals surface area contributed by atoms with Gasteiger partial charge in [-0.1, -0.05) is 5.16 Å². The van der Waals surface area contributed by atoms with Crippen molar-refractivity contribution in [3.63, 3.8) is 0 Å². The summed E-state index contributed by atoms with van der Waals surface area (Å²) < 4.78 is 0. The number of amides is 1. The number of oxime groups is 1. The molecule has 1 atom stereocenters. The van der Waals surface area contributed by atoms with Crippen molar-refractivity contribution in [1.29, 1.82) is 0 Å². The van der Waals surface area contributed by atoms with Crippen LogP contribution in [0.2, 0.25) is 0 Å². The lowest BCUT2D eigenvalue weighted by Crippen LogP contribution is -2.35. The average Bonchev–Trinajstić information content (AvgIpc) is 2.82. The van der Waals surface area contributed by atoms with Crippen molar-refractivity contribution < 1.29 is 10.0 Å². The van der Waals surface area contributed by atoms with Crippen LogP contribution in [0, 0.1) is 0 Å². The van der Waals surface area contributed by atoms with Crippen molar-refractivity contribution in [2.45, 2.75) is 45.1 Å². The average molecular weight is 281 g/mol. The van der Waals surface area contributed by atoms with Crippen LogP contribution in [-0.2, 0) is 12.8 Å². The Hall–Kier alpha value is -1.56. The molecule has 2 rings (SSSR count). The zero-order valence-corrected chi connectivity index (χ0v) is 11.8. The third-order valence-corrected chi connectivity index (χ3v) is 4.48. The van der Waals surface area contributed by atoms with Crippen molar-refractivity contribution >= 4 is 23.1 Å². The van der Waals surface area contributed by atoms with E-state index in [4.69, 9.17) is 10.9 Å². The highest BCUT2D eigenvalue weighted by Gasteiger charge is 2.18. The molecule has 0 radical (unpaired) electrons. The third kappa shape index (κ3) is 3.47. The van der Waals surface area contributed by atoms with E-state index in [1.165, 1.54) is 23.3 Å². The molecule has 1 aliphatic rings. The Labute approximate surface area is 116 Å². The largest absolute Gasteiger partial charge is 0.409 e. The molecule has 1 heterocycles. The number of rotatable bonds is 4. The molecule has 0 bridgehead atoms. The summed E-state index contributed by atoms with van der Waals surface area (Å²) in [4.78, 5) is 14.2. The van der Waals surface area contributed by atoms with Crippen molar-refractivity contribution in [3.8, 4) is 0 Å². The van der Waals surface area contributed by atoms with Gasteiger partial charge in [-0.2, -0.15) is 0 Å². The van der Waals surface area contributed by atoms with Crippen molar-refractivity contribution in [2.75, 3.05) is 0 Å². The third-order valence-electron chi connectivity index (χ3n) is 3.24. The van der Waals surface area contributed by atoms with Gasteiger partial charge >= 0.3 is 0 Å². The summed E-state index contributed by atoms with van der Waals surface area (Å²) >= 11 is 1.59. The molecule has 1 aliphatic carbocycles. The fourth-order valence-electron chi connectivity index (χ4n) is 2.30. The second kappa shape index (κ2) is 6.06.